The van der Waals surface area contributed by atoms with Crippen molar-refractivity contribution in [2.45, 2.75) is 19.0 Å². The van der Waals surface area contributed by atoms with Crippen molar-refractivity contribution in [3.63, 3.8) is 0 Å². The van der Waals surface area contributed by atoms with Crippen molar-refractivity contribution in [2.24, 2.45) is 0 Å². The molecule has 1 aromatic carbocycles. The van der Waals surface area contributed by atoms with E-state index in [4.69, 9.17) is 4.74 Å². The molecule has 2 aliphatic heterocycles. The number of thiophene rings is 1. The maximum Gasteiger partial charge on any atom is 0.312 e. The van der Waals surface area contributed by atoms with Gasteiger partial charge in [-0.05, 0) is 30.5 Å². The molecule has 0 bridgehead atoms. The van der Waals surface area contributed by atoms with Crippen molar-refractivity contribution < 1.29 is 14.3 Å². The van der Waals surface area contributed by atoms with Crippen molar-refractivity contribution >= 4 is 28.8 Å². The normalized spacial score (nSPS) is 19.6. The lowest BCUT2D eigenvalue weighted by Gasteiger charge is -2.42. The van der Waals surface area contributed by atoms with Crippen LogP contribution in [0.1, 0.15) is 17.8 Å². The van der Waals surface area contributed by atoms with E-state index in [9.17, 15) is 9.59 Å². The van der Waals surface area contributed by atoms with Crippen molar-refractivity contribution in [3.05, 3.63) is 52.7 Å². The molecule has 2 fully saturated rings. The van der Waals surface area contributed by atoms with Crippen molar-refractivity contribution in [1.29, 1.82) is 0 Å². The molecule has 2 amide bonds. The van der Waals surface area contributed by atoms with Gasteiger partial charge in [0.25, 0.3) is 0 Å². The fourth-order valence-corrected chi connectivity index (χ4v) is 5.32. The number of nitrogens with one attached hydrogen (secondary N) is 1. The molecule has 2 atom stereocenters. The molecule has 3 heterocycles. The van der Waals surface area contributed by atoms with Gasteiger partial charge in [0.05, 0.1) is 19.3 Å². The minimum absolute atomic E-state index is 0.0411. The Labute approximate surface area is 187 Å². The number of carbonyl (C=O) groups excluding carboxylic acids is 2. The van der Waals surface area contributed by atoms with E-state index in [1.807, 2.05) is 19.1 Å². The maximum absolute atomic E-state index is 12.7. The highest BCUT2D eigenvalue weighted by Crippen LogP contribution is 2.30. The van der Waals surface area contributed by atoms with Gasteiger partial charge in [-0.3, -0.25) is 14.5 Å². The lowest BCUT2D eigenvalue weighted by Crippen LogP contribution is -2.54. The maximum atomic E-state index is 12.7. The molecule has 1 N–H and O–H groups in total. The highest BCUT2D eigenvalue weighted by atomic mass is 32.1. The number of piperazine rings is 1. The third-order valence-electron chi connectivity index (χ3n) is 5.99. The molecule has 0 unspecified atom stereocenters. The number of rotatable bonds is 5. The highest BCUT2D eigenvalue weighted by Gasteiger charge is 2.33. The molecule has 0 saturated carbocycles. The van der Waals surface area contributed by atoms with Crippen LogP contribution in [0.3, 0.4) is 0 Å². The summed E-state index contributed by atoms with van der Waals surface area (Å²) in [7, 11) is 0. The number of carbonyl (C=O) groups is 2. The van der Waals surface area contributed by atoms with Crippen LogP contribution in [0.15, 0.2) is 47.8 Å². The number of amides is 2. The fraction of sp³-hybridized carbons (Fsp3) is 0.478. The molecule has 2 aliphatic rings. The summed E-state index contributed by atoms with van der Waals surface area (Å²) in [4.78, 5) is 32.8. The molecule has 0 spiro atoms. The van der Waals surface area contributed by atoms with Gasteiger partial charge in [0.2, 0.25) is 0 Å². The minimum Gasteiger partial charge on any atom is -0.378 e. The predicted octanol–water partition coefficient (Wildman–Crippen LogP) is 1.97. The number of ether oxygens (including phenoxy) is 1. The van der Waals surface area contributed by atoms with Gasteiger partial charge in [0, 0.05) is 55.9 Å². The largest absolute Gasteiger partial charge is 0.378 e. The van der Waals surface area contributed by atoms with E-state index < -0.39 is 11.8 Å². The Hall–Kier alpha value is -2.42. The van der Waals surface area contributed by atoms with Gasteiger partial charge in [-0.1, -0.05) is 24.3 Å². The van der Waals surface area contributed by atoms with E-state index in [1.54, 1.807) is 16.2 Å². The third-order valence-corrected chi connectivity index (χ3v) is 6.93. The van der Waals surface area contributed by atoms with E-state index in [0.29, 0.717) is 26.3 Å². The second-order valence-corrected chi connectivity index (χ2v) is 8.96. The van der Waals surface area contributed by atoms with Crippen LogP contribution in [0.5, 0.6) is 0 Å². The second kappa shape index (κ2) is 10.3. The molecule has 2 saturated heterocycles. The standard InChI is InChI=1S/C23H30N4O3S/c1-18(24-22(28)23(29)27-13-15-30-16-14-27)21(20-8-5-17-31-20)26-11-9-25(10-12-26)19-6-3-2-4-7-19/h2-8,17-18,21H,9-16H2,1H3,(H,24,28)/t18-,21-/m0/s1. The summed E-state index contributed by atoms with van der Waals surface area (Å²) in [6.45, 7) is 7.56. The summed E-state index contributed by atoms with van der Waals surface area (Å²) in [6, 6.07) is 14.5. The molecule has 0 aliphatic carbocycles. The van der Waals surface area contributed by atoms with Crippen LogP contribution in [0, 0.1) is 0 Å². The van der Waals surface area contributed by atoms with E-state index in [-0.39, 0.29) is 12.1 Å². The summed E-state index contributed by atoms with van der Waals surface area (Å²) in [5.41, 5.74) is 1.24. The monoisotopic (exact) mass is 442 g/mol. The van der Waals surface area contributed by atoms with Gasteiger partial charge in [-0.25, -0.2) is 0 Å². The van der Waals surface area contributed by atoms with Crippen molar-refractivity contribution in [2.75, 3.05) is 57.4 Å². The predicted molar refractivity (Wildman–Crippen MR) is 122 cm³/mol. The molecule has 31 heavy (non-hydrogen) atoms. The zero-order valence-corrected chi connectivity index (χ0v) is 18.7. The summed E-state index contributed by atoms with van der Waals surface area (Å²) < 4.78 is 5.28. The average molecular weight is 443 g/mol. The molecule has 1 aromatic heterocycles. The molecule has 7 nitrogen and oxygen atoms in total. The van der Waals surface area contributed by atoms with E-state index >= 15 is 0 Å². The van der Waals surface area contributed by atoms with Crippen LogP contribution >= 0.6 is 11.3 Å². The van der Waals surface area contributed by atoms with Crippen LogP contribution in [-0.2, 0) is 14.3 Å². The fourth-order valence-electron chi connectivity index (χ4n) is 4.36. The Balaban J connectivity index is 1.41. The van der Waals surface area contributed by atoms with Crippen LogP contribution in [0.2, 0.25) is 0 Å². The first-order valence-electron chi connectivity index (χ1n) is 10.9. The molecule has 0 radical (unpaired) electrons. The lowest BCUT2D eigenvalue weighted by molar-refractivity contribution is -0.149. The molecule has 8 heteroatoms. The first-order valence-corrected chi connectivity index (χ1v) is 11.8. The van der Waals surface area contributed by atoms with Gasteiger partial charge in [-0.15, -0.1) is 11.3 Å². The number of morpholine rings is 1. The van der Waals surface area contributed by atoms with Crippen LogP contribution in [-0.4, -0.2) is 80.1 Å². The summed E-state index contributed by atoms with van der Waals surface area (Å²) in [5.74, 6) is -0.993. The quantitative estimate of drug-likeness (QED) is 0.718. The summed E-state index contributed by atoms with van der Waals surface area (Å²) >= 11 is 1.70. The Bertz CT molecular complexity index is 847. The number of anilines is 1. The number of benzene rings is 1. The van der Waals surface area contributed by atoms with Gasteiger partial charge < -0.3 is 19.9 Å². The summed E-state index contributed by atoms with van der Waals surface area (Å²) in [6.07, 6.45) is 0. The van der Waals surface area contributed by atoms with E-state index in [1.165, 1.54) is 10.6 Å². The molecule has 2 aromatic rings. The minimum atomic E-state index is -0.529. The zero-order valence-electron chi connectivity index (χ0n) is 17.9. The van der Waals surface area contributed by atoms with Gasteiger partial charge in [0.1, 0.15) is 0 Å². The zero-order chi connectivity index (χ0) is 21.6. The van der Waals surface area contributed by atoms with Crippen LogP contribution in [0.4, 0.5) is 5.69 Å². The van der Waals surface area contributed by atoms with Gasteiger partial charge >= 0.3 is 11.8 Å². The lowest BCUT2D eigenvalue weighted by atomic mass is 10.0. The molecule has 4 rings (SSSR count). The Morgan fingerprint density at radius 2 is 1.68 bits per heavy atom. The average Bonchev–Trinajstić information content (AvgIpc) is 3.34. The Morgan fingerprint density at radius 3 is 2.32 bits per heavy atom. The Morgan fingerprint density at radius 1 is 0.968 bits per heavy atom. The van der Waals surface area contributed by atoms with Crippen LogP contribution in [0.25, 0.3) is 0 Å². The number of hydrogen-bond acceptors (Lipinski definition) is 6. The number of hydrogen-bond donors (Lipinski definition) is 1. The first kappa shape index (κ1) is 21.8. The topological polar surface area (TPSA) is 65.1 Å². The molecular formula is C23H30N4O3S. The highest BCUT2D eigenvalue weighted by molar-refractivity contribution is 7.10. The number of nitrogens with zero attached hydrogens (tertiary/aromatic N) is 3. The molecule has 166 valence electrons. The SMILES string of the molecule is C[C@H](NC(=O)C(=O)N1CCOCC1)[C@@H](c1cccs1)N1CCN(c2ccccc2)CC1. The summed E-state index contributed by atoms with van der Waals surface area (Å²) in [5, 5.41) is 5.05. The Kier molecular flexibility index (Phi) is 7.21. The van der Waals surface area contributed by atoms with Crippen molar-refractivity contribution in [3.8, 4) is 0 Å². The van der Waals surface area contributed by atoms with Crippen LogP contribution < -0.4 is 10.2 Å². The van der Waals surface area contributed by atoms with Gasteiger partial charge in [0.15, 0.2) is 0 Å². The van der Waals surface area contributed by atoms with E-state index in [0.717, 1.165) is 26.2 Å². The smallest absolute Gasteiger partial charge is 0.312 e. The second-order valence-electron chi connectivity index (χ2n) is 7.99. The first-order chi connectivity index (χ1) is 15.1. The third kappa shape index (κ3) is 5.26. The van der Waals surface area contributed by atoms with E-state index in [2.05, 4.69) is 50.8 Å². The van der Waals surface area contributed by atoms with Crippen molar-refractivity contribution in [1.82, 2.24) is 15.1 Å². The van der Waals surface area contributed by atoms with Gasteiger partial charge in [-0.2, -0.15) is 0 Å². The molecular weight excluding hydrogens is 412 g/mol. The number of para-hydroxylation sites is 1.